The number of aromatic amines is 1. The van der Waals surface area contributed by atoms with Gasteiger partial charge in [-0.3, -0.25) is 28.9 Å². The Morgan fingerprint density at radius 2 is 1.82 bits per heavy atom. The van der Waals surface area contributed by atoms with E-state index in [0.717, 1.165) is 11.1 Å². The van der Waals surface area contributed by atoms with Gasteiger partial charge in [0.05, 0.1) is 11.4 Å². The van der Waals surface area contributed by atoms with Gasteiger partial charge in [-0.25, -0.2) is 4.79 Å². The molecule has 0 amide bonds. The van der Waals surface area contributed by atoms with Gasteiger partial charge < -0.3 is 4.74 Å². The normalized spacial score (nSPS) is 11.0. The maximum atomic E-state index is 13.9. The number of pyridine rings is 1. The van der Waals surface area contributed by atoms with Crippen LogP contribution in [0.3, 0.4) is 0 Å². The van der Waals surface area contributed by atoms with Crippen LogP contribution in [0, 0.1) is 20.8 Å². The Bertz CT molecular complexity index is 1370. The molecule has 0 aliphatic rings. The number of carbonyl (C=O) groups is 2. The zero-order valence-electron chi connectivity index (χ0n) is 19.6. The van der Waals surface area contributed by atoms with Crippen LogP contribution in [0.25, 0.3) is 5.69 Å². The Labute approximate surface area is 191 Å². The third-order valence-corrected chi connectivity index (χ3v) is 5.41. The van der Waals surface area contributed by atoms with Crippen molar-refractivity contribution in [2.24, 2.45) is 0 Å². The molecule has 1 N–H and O–H groups in total. The molecule has 0 aliphatic carbocycles. The summed E-state index contributed by atoms with van der Waals surface area (Å²) in [5.74, 6) is -1.28. The Balaban J connectivity index is 2.43. The maximum Gasteiger partial charge on any atom is 0.333 e. The molecule has 0 saturated heterocycles. The quantitative estimate of drug-likeness (QED) is 0.457. The van der Waals surface area contributed by atoms with E-state index in [9.17, 15) is 19.2 Å². The van der Waals surface area contributed by atoms with Crippen LogP contribution < -0.4 is 11.2 Å². The van der Waals surface area contributed by atoms with Crippen LogP contribution in [0.15, 0.2) is 40.1 Å². The maximum absolute atomic E-state index is 13.9. The minimum Gasteiger partial charge on any atom is -0.461 e. The Hall–Kier alpha value is -3.81. The summed E-state index contributed by atoms with van der Waals surface area (Å²) in [5.41, 5.74) is 2.14. The molecule has 0 radical (unpaired) electrons. The minimum absolute atomic E-state index is 0.0223. The van der Waals surface area contributed by atoms with E-state index in [1.165, 1.54) is 17.7 Å². The number of hydrogen-bond acceptors (Lipinski definition) is 6. The number of benzene rings is 1. The highest BCUT2D eigenvalue weighted by molar-refractivity contribution is 6.10. The zero-order valence-corrected chi connectivity index (χ0v) is 19.6. The van der Waals surface area contributed by atoms with Crippen LogP contribution in [0.2, 0.25) is 0 Å². The summed E-state index contributed by atoms with van der Waals surface area (Å²) in [6.07, 6.45) is 1.53. The van der Waals surface area contributed by atoms with Crippen LogP contribution in [0.4, 0.5) is 0 Å². The number of nitrogens with one attached hydrogen (secondary N) is 1. The van der Waals surface area contributed by atoms with Crippen molar-refractivity contribution in [1.29, 1.82) is 0 Å². The summed E-state index contributed by atoms with van der Waals surface area (Å²) in [4.78, 5) is 57.9. The Kier molecular flexibility index (Phi) is 6.76. The third kappa shape index (κ3) is 4.69. The van der Waals surface area contributed by atoms with Crippen LogP contribution >= 0.6 is 0 Å². The van der Waals surface area contributed by atoms with Crippen molar-refractivity contribution in [2.75, 3.05) is 0 Å². The van der Waals surface area contributed by atoms with Crippen LogP contribution in [-0.4, -0.2) is 26.3 Å². The van der Waals surface area contributed by atoms with E-state index in [0.29, 0.717) is 22.5 Å². The summed E-state index contributed by atoms with van der Waals surface area (Å²) < 4.78 is 6.36. The summed E-state index contributed by atoms with van der Waals surface area (Å²) in [6.45, 7) is 10.2. The monoisotopic (exact) mass is 449 g/mol. The van der Waals surface area contributed by atoms with Crippen molar-refractivity contribution in [2.45, 2.75) is 54.1 Å². The molecule has 33 heavy (non-hydrogen) atoms. The van der Waals surface area contributed by atoms with Crippen molar-refractivity contribution in [3.8, 4) is 5.69 Å². The first-order chi connectivity index (χ1) is 15.5. The number of esters is 1. The SMILES string of the molecule is CC(=O)OCc1ccnc(C)c1-n1c(C(=O)c2ccc(C)cc2C)c(C(C)C)c(=O)[nH]c1=O. The number of rotatable bonds is 6. The average Bonchev–Trinajstić information content (AvgIpc) is 2.71. The molecule has 2 heterocycles. The van der Waals surface area contributed by atoms with E-state index >= 15 is 0 Å². The van der Waals surface area contributed by atoms with Gasteiger partial charge in [0.1, 0.15) is 12.3 Å². The molecule has 3 aromatic rings. The van der Waals surface area contributed by atoms with Gasteiger partial charge in [-0.05, 0) is 38.3 Å². The molecule has 1 aromatic carbocycles. The molecular formula is C25H27N3O5. The van der Waals surface area contributed by atoms with Crippen molar-refractivity contribution in [1.82, 2.24) is 14.5 Å². The van der Waals surface area contributed by atoms with Crippen LogP contribution in [0.1, 0.15) is 70.7 Å². The highest BCUT2D eigenvalue weighted by atomic mass is 16.5. The Morgan fingerprint density at radius 3 is 2.42 bits per heavy atom. The predicted octanol–water partition coefficient (Wildman–Crippen LogP) is 3.26. The number of aryl methyl sites for hydroxylation is 3. The second-order valence-corrected chi connectivity index (χ2v) is 8.34. The molecule has 0 fully saturated rings. The van der Waals surface area contributed by atoms with Crippen molar-refractivity contribution in [3.63, 3.8) is 0 Å². The summed E-state index contributed by atoms with van der Waals surface area (Å²) in [7, 11) is 0. The highest BCUT2D eigenvalue weighted by Crippen LogP contribution is 2.25. The minimum atomic E-state index is -0.766. The standard InChI is InChI=1S/C25H27N3O5/c1-13(2)20-22(23(30)19-8-7-14(3)11-15(19)4)28(25(32)27-24(20)31)21-16(5)26-10-9-18(21)12-33-17(6)29/h7-11,13H,12H2,1-6H3,(H,27,31,32). The summed E-state index contributed by atoms with van der Waals surface area (Å²) in [6, 6.07) is 7.00. The second kappa shape index (κ2) is 9.36. The first-order valence-electron chi connectivity index (χ1n) is 10.6. The lowest BCUT2D eigenvalue weighted by Gasteiger charge is -2.21. The van der Waals surface area contributed by atoms with E-state index in [2.05, 4.69) is 9.97 Å². The van der Waals surface area contributed by atoms with Crippen LogP contribution in [-0.2, 0) is 16.1 Å². The van der Waals surface area contributed by atoms with Gasteiger partial charge in [0.15, 0.2) is 0 Å². The fourth-order valence-electron chi connectivity index (χ4n) is 3.93. The third-order valence-electron chi connectivity index (χ3n) is 5.41. The molecular weight excluding hydrogens is 422 g/mol. The topological polar surface area (TPSA) is 111 Å². The summed E-state index contributed by atoms with van der Waals surface area (Å²) in [5, 5.41) is 0. The van der Waals surface area contributed by atoms with E-state index < -0.39 is 23.0 Å². The Morgan fingerprint density at radius 1 is 1.12 bits per heavy atom. The lowest BCUT2D eigenvalue weighted by atomic mass is 9.94. The zero-order chi connectivity index (χ0) is 24.4. The van der Waals surface area contributed by atoms with Gasteiger partial charge in [-0.15, -0.1) is 0 Å². The van der Waals surface area contributed by atoms with Crippen molar-refractivity contribution >= 4 is 11.8 Å². The first kappa shape index (κ1) is 23.8. The highest BCUT2D eigenvalue weighted by Gasteiger charge is 2.28. The van der Waals surface area contributed by atoms with E-state index in [-0.39, 0.29) is 23.8 Å². The van der Waals surface area contributed by atoms with Gasteiger partial charge in [-0.2, -0.15) is 0 Å². The van der Waals surface area contributed by atoms with Crippen molar-refractivity contribution in [3.05, 3.63) is 90.5 Å². The molecule has 0 unspecified atom stereocenters. The van der Waals surface area contributed by atoms with E-state index in [1.54, 1.807) is 32.9 Å². The number of ketones is 1. The lowest BCUT2D eigenvalue weighted by molar-refractivity contribution is -0.142. The number of ether oxygens (including phenoxy) is 1. The molecule has 0 atom stereocenters. The molecule has 0 aliphatic heterocycles. The number of hydrogen-bond donors (Lipinski definition) is 1. The fraction of sp³-hybridized carbons (Fsp3) is 0.320. The molecule has 8 nitrogen and oxygen atoms in total. The average molecular weight is 450 g/mol. The van der Waals surface area contributed by atoms with Crippen LogP contribution in [0.5, 0.6) is 0 Å². The molecule has 172 valence electrons. The molecule has 2 aromatic heterocycles. The number of nitrogens with zero attached hydrogens (tertiary/aromatic N) is 2. The van der Waals surface area contributed by atoms with Gasteiger partial charge in [0.25, 0.3) is 5.56 Å². The van der Waals surface area contributed by atoms with Gasteiger partial charge >= 0.3 is 11.7 Å². The smallest absolute Gasteiger partial charge is 0.333 e. The second-order valence-electron chi connectivity index (χ2n) is 8.34. The summed E-state index contributed by atoms with van der Waals surface area (Å²) >= 11 is 0. The van der Waals surface area contributed by atoms with E-state index in [4.69, 9.17) is 4.74 Å². The molecule has 0 spiro atoms. The van der Waals surface area contributed by atoms with Gasteiger partial charge in [-0.1, -0.05) is 37.6 Å². The molecule has 8 heteroatoms. The predicted molar refractivity (Wildman–Crippen MR) is 124 cm³/mol. The molecule has 0 bridgehead atoms. The van der Waals surface area contributed by atoms with E-state index in [1.807, 2.05) is 26.0 Å². The molecule has 0 saturated carbocycles. The fourth-order valence-corrected chi connectivity index (χ4v) is 3.93. The molecule has 3 rings (SSSR count). The van der Waals surface area contributed by atoms with Gasteiger partial charge in [0, 0.05) is 29.8 Å². The lowest BCUT2D eigenvalue weighted by Crippen LogP contribution is -2.38. The number of H-pyrrole nitrogens is 1. The number of carbonyl (C=O) groups excluding carboxylic acids is 2. The number of aromatic nitrogens is 3. The van der Waals surface area contributed by atoms with Gasteiger partial charge in [0.2, 0.25) is 5.78 Å². The van der Waals surface area contributed by atoms with Crippen molar-refractivity contribution < 1.29 is 14.3 Å². The largest absolute Gasteiger partial charge is 0.461 e. The first-order valence-corrected chi connectivity index (χ1v) is 10.6.